The maximum atomic E-state index is 12.6. The topological polar surface area (TPSA) is 97.9 Å². The van der Waals surface area contributed by atoms with E-state index >= 15 is 0 Å². The van der Waals surface area contributed by atoms with E-state index in [-0.39, 0.29) is 11.9 Å². The molecule has 1 amide bonds. The van der Waals surface area contributed by atoms with Gasteiger partial charge in [0.2, 0.25) is 11.8 Å². The molecular formula is C17H26N6O2. The van der Waals surface area contributed by atoms with Gasteiger partial charge in [-0.15, -0.1) is 0 Å². The molecule has 1 aliphatic carbocycles. The van der Waals surface area contributed by atoms with Gasteiger partial charge < -0.3 is 15.2 Å². The molecule has 2 aromatic rings. The first-order chi connectivity index (χ1) is 12.1. The smallest absolute Gasteiger partial charge is 0.248 e. The summed E-state index contributed by atoms with van der Waals surface area (Å²) in [7, 11) is 3.57. The van der Waals surface area contributed by atoms with Crippen molar-refractivity contribution in [1.29, 1.82) is 0 Å². The fourth-order valence-electron chi connectivity index (χ4n) is 3.35. The van der Waals surface area contributed by atoms with Gasteiger partial charge in [-0.05, 0) is 26.8 Å². The molecule has 8 nitrogen and oxygen atoms in total. The van der Waals surface area contributed by atoms with E-state index in [1.165, 1.54) is 19.3 Å². The molecule has 2 atom stereocenters. The van der Waals surface area contributed by atoms with Crippen LogP contribution >= 0.6 is 0 Å². The molecule has 0 saturated heterocycles. The van der Waals surface area contributed by atoms with E-state index in [2.05, 4.69) is 25.9 Å². The van der Waals surface area contributed by atoms with Crippen LogP contribution in [0.15, 0.2) is 16.9 Å². The molecule has 0 aromatic carbocycles. The Bertz CT molecular complexity index is 704. The van der Waals surface area contributed by atoms with Crippen LogP contribution in [-0.4, -0.2) is 32.9 Å². The van der Waals surface area contributed by atoms with Crippen LogP contribution in [0.4, 0.5) is 0 Å². The Labute approximate surface area is 147 Å². The van der Waals surface area contributed by atoms with Gasteiger partial charge in [-0.25, -0.2) is 0 Å². The lowest BCUT2D eigenvalue weighted by Gasteiger charge is -2.18. The summed E-state index contributed by atoms with van der Waals surface area (Å²) in [5.41, 5.74) is 0.808. The molecule has 2 N–H and O–H groups in total. The number of rotatable bonds is 6. The minimum atomic E-state index is -0.475. The van der Waals surface area contributed by atoms with Gasteiger partial charge in [-0.1, -0.05) is 24.4 Å². The van der Waals surface area contributed by atoms with Gasteiger partial charge in [0.25, 0.3) is 0 Å². The van der Waals surface area contributed by atoms with Crippen LogP contribution in [0.1, 0.15) is 74.3 Å². The van der Waals surface area contributed by atoms with E-state index in [9.17, 15) is 4.79 Å². The summed E-state index contributed by atoms with van der Waals surface area (Å²) in [5, 5.41) is 14.2. The Morgan fingerprint density at radius 3 is 2.76 bits per heavy atom. The van der Waals surface area contributed by atoms with Crippen LogP contribution in [-0.2, 0) is 11.8 Å². The van der Waals surface area contributed by atoms with Gasteiger partial charge in [0.15, 0.2) is 5.82 Å². The number of likely N-dealkylation sites (N-methyl/N-ethyl adjacent to an activating group) is 1. The van der Waals surface area contributed by atoms with E-state index in [0.717, 1.165) is 24.2 Å². The molecule has 0 bridgehead atoms. The number of hydrogen-bond acceptors (Lipinski definition) is 6. The molecule has 25 heavy (non-hydrogen) atoms. The van der Waals surface area contributed by atoms with Crippen molar-refractivity contribution in [1.82, 2.24) is 30.6 Å². The standard InChI is InChI=1S/C17H26N6O2/c1-11(17-21-15(22-25-17)12-7-5-4-6-8-12)20-16(24)14(18-2)13-9-19-23(3)10-13/h9-12,14,18H,4-8H2,1-3H3,(H,20,24). The van der Waals surface area contributed by atoms with Gasteiger partial charge >= 0.3 is 0 Å². The van der Waals surface area contributed by atoms with Crippen LogP contribution in [0.2, 0.25) is 0 Å². The van der Waals surface area contributed by atoms with Crippen molar-refractivity contribution in [3.05, 3.63) is 29.7 Å². The summed E-state index contributed by atoms with van der Waals surface area (Å²) >= 11 is 0. The van der Waals surface area contributed by atoms with Crippen LogP contribution in [0.25, 0.3) is 0 Å². The third-order valence-electron chi connectivity index (χ3n) is 4.77. The second kappa shape index (κ2) is 7.77. The average molecular weight is 346 g/mol. The molecule has 2 unspecified atom stereocenters. The van der Waals surface area contributed by atoms with E-state index in [1.54, 1.807) is 17.9 Å². The highest BCUT2D eigenvalue weighted by Gasteiger charge is 2.26. The third-order valence-corrected chi connectivity index (χ3v) is 4.77. The van der Waals surface area contributed by atoms with Crippen LogP contribution < -0.4 is 10.6 Å². The van der Waals surface area contributed by atoms with Crippen LogP contribution in [0.3, 0.4) is 0 Å². The summed E-state index contributed by atoms with van der Waals surface area (Å²) in [4.78, 5) is 17.1. The predicted octanol–water partition coefficient (Wildman–Crippen LogP) is 1.99. The van der Waals surface area contributed by atoms with Crippen molar-refractivity contribution in [3.8, 4) is 0 Å². The summed E-state index contributed by atoms with van der Waals surface area (Å²) in [6.07, 6.45) is 9.45. The Morgan fingerprint density at radius 1 is 1.36 bits per heavy atom. The summed E-state index contributed by atoms with van der Waals surface area (Å²) < 4.78 is 7.06. The minimum Gasteiger partial charge on any atom is -0.343 e. The number of nitrogens with one attached hydrogen (secondary N) is 2. The quantitative estimate of drug-likeness (QED) is 0.830. The average Bonchev–Trinajstić information content (AvgIpc) is 3.26. The monoisotopic (exact) mass is 346 g/mol. The maximum Gasteiger partial charge on any atom is 0.248 e. The zero-order chi connectivity index (χ0) is 17.8. The Morgan fingerprint density at radius 2 is 2.12 bits per heavy atom. The van der Waals surface area contributed by atoms with Gasteiger partial charge in [0, 0.05) is 24.7 Å². The molecule has 2 heterocycles. The first-order valence-electron chi connectivity index (χ1n) is 8.88. The number of nitrogens with zero attached hydrogens (tertiary/aromatic N) is 4. The molecule has 0 radical (unpaired) electrons. The Kier molecular flexibility index (Phi) is 5.47. The zero-order valence-corrected chi connectivity index (χ0v) is 15.0. The largest absolute Gasteiger partial charge is 0.343 e. The van der Waals surface area contributed by atoms with Gasteiger partial charge in [-0.2, -0.15) is 10.1 Å². The number of aromatic nitrogens is 4. The summed E-state index contributed by atoms with van der Waals surface area (Å²) in [5.74, 6) is 1.46. The fraction of sp³-hybridized carbons (Fsp3) is 0.647. The number of hydrogen-bond donors (Lipinski definition) is 2. The second-order valence-electron chi connectivity index (χ2n) is 6.73. The molecule has 2 aromatic heterocycles. The normalized spacial score (nSPS) is 18.0. The lowest BCUT2D eigenvalue weighted by atomic mass is 9.89. The molecule has 1 aliphatic rings. The lowest BCUT2D eigenvalue weighted by molar-refractivity contribution is -0.124. The van der Waals surface area contributed by atoms with Gasteiger partial charge in [0.1, 0.15) is 12.1 Å². The maximum absolute atomic E-state index is 12.6. The number of carbonyl (C=O) groups excluding carboxylic acids is 1. The molecule has 1 fully saturated rings. The Balaban J connectivity index is 1.63. The lowest BCUT2D eigenvalue weighted by Crippen LogP contribution is -2.37. The van der Waals surface area contributed by atoms with E-state index in [4.69, 9.17) is 4.52 Å². The van der Waals surface area contributed by atoms with Crippen molar-refractivity contribution < 1.29 is 9.32 Å². The highest BCUT2D eigenvalue weighted by molar-refractivity contribution is 5.83. The summed E-state index contributed by atoms with van der Waals surface area (Å²) in [6.45, 7) is 1.85. The van der Waals surface area contributed by atoms with Crippen molar-refractivity contribution in [3.63, 3.8) is 0 Å². The first kappa shape index (κ1) is 17.6. The summed E-state index contributed by atoms with van der Waals surface area (Å²) in [6, 6.07) is -0.818. The van der Waals surface area contributed by atoms with E-state index in [0.29, 0.717) is 11.8 Å². The van der Waals surface area contributed by atoms with Gasteiger partial charge in [0.05, 0.1) is 6.20 Å². The third kappa shape index (κ3) is 4.07. The highest BCUT2D eigenvalue weighted by Crippen LogP contribution is 2.31. The van der Waals surface area contributed by atoms with Gasteiger partial charge in [-0.3, -0.25) is 9.48 Å². The number of amides is 1. The SMILES string of the molecule is CNC(C(=O)NC(C)c1nc(C2CCCCC2)no1)c1cnn(C)c1. The van der Waals surface area contributed by atoms with Crippen LogP contribution in [0.5, 0.6) is 0 Å². The molecule has 136 valence electrons. The highest BCUT2D eigenvalue weighted by atomic mass is 16.5. The Hall–Kier alpha value is -2.22. The van der Waals surface area contributed by atoms with E-state index < -0.39 is 6.04 Å². The second-order valence-corrected chi connectivity index (χ2v) is 6.73. The fourth-order valence-corrected chi connectivity index (χ4v) is 3.35. The van der Waals surface area contributed by atoms with E-state index in [1.807, 2.05) is 20.2 Å². The molecule has 1 saturated carbocycles. The molecule has 0 aliphatic heterocycles. The number of carbonyl (C=O) groups is 1. The van der Waals surface area contributed by atoms with Crippen molar-refractivity contribution in [2.75, 3.05) is 7.05 Å². The molecule has 0 spiro atoms. The molecular weight excluding hydrogens is 320 g/mol. The van der Waals surface area contributed by atoms with Crippen molar-refractivity contribution in [2.24, 2.45) is 7.05 Å². The van der Waals surface area contributed by atoms with Crippen LogP contribution in [0, 0.1) is 0 Å². The first-order valence-corrected chi connectivity index (χ1v) is 8.88. The minimum absolute atomic E-state index is 0.152. The predicted molar refractivity (Wildman–Crippen MR) is 91.7 cm³/mol. The number of aryl methyl sites for hydroxylation is 1. The zero-order valence-electron chi connectivity index (χ0n) is 15.0. The molecule has 3 rings (SSSR count). The van der Waals surface area contributed by atoms with Crippen molar-refractivity contribution in [2.45, 2.75) is 57.0 Å². The van der Waals surface area contributed by atoms with Crippen molar-refractivity contribution >= 4 is 5.91 Å². The molecule has 8 heteroatoms.